The van der Waals surface area contributed by atoms with Gasteiger partial charge < -0.3 is 20.9 Å². The van der Waals surface area contributed by atoms with E-state index in [-0.39, 0.29) is 30.2 Å². The SMILES string of the molecule is O=C=C[C@H](C[C@@H]1CCNC1=C=O)NC(=C=O)[C@H](Cc1ccc(F)c(F)c1)NC(=O)c1cc2ccccc2[nH]1. The van der Waals surface area contributed by atoms with Crippen LogP contribution < -0.4 is 16.0 Å². The molecule has 10 heteroatoms. The summed E-state index contributed by atoms with van der Waals surface area (Å²) in [5.41, 5.74) is 1.54. The van der Waals surface area contributed by atoms with E-state index < -0.39 is 29.6 Å². The highest BCUT2D eigenvalue weighted by Gasteiger charge is 2.28. The molecule has 8 nitrogen and oxygen atoms in total. The molecule has 0 spiro atoms. The molecule has 2 aromatic carbocycles. The lowest BCUT2D eigenvalue weighted by Crippen LogP contribution is -2.45. The number of carbonyl (C=O) groups excluding carboxylic acids is 4. The maximum absolute atomic E-state index is 13.9. The summed E-state index contributed by atoms with van der Waals surface area (Å²) >= 11 is 0. The van der Waals surface area contributed by atoms with Crippen LogP contribution in [-0.2, 0) is 20.8 Å². The molecule has 1 fully saturated rings. The number of rotatable bonds is 10. The number of H-pyrrole nitrogens is 1. The van der Waals surface area contributed by atoms with Crippen LogP contribution in [0.5, 0.6) is 0 Å². The van der Waals surface area contributed by atoms with Crippen LogP contribution in [0, 0.1) is 17.6 Å². The van der Waals surface area contributed by atoms with Crippen molar-refractivity contribution in [2.75, 3.05) is 6.54 Å². The Morgan fingerprint density at radius 2 is 1.89 bits per heavy atom. The third kappa shape index (κ3) is 6.14. The Morgan fingerprint density at radius 1 is 1.08 bits per heavy atom. The molecule has 38 heavy (non-hydrogen) atoms. The maximum Gasteiger partial charge on any atom is 0.268 e. The Labute approximate surface area is 216 Å². The second kappa shape index (κ2) is 12.0. The van der Waals surface area contributed by atoms with E-state index in [0.29, 0.717) is 24.2 Å². The molecule has 1 aromatic heterocycles. The van der Waals surface area contributed by atoms with Crippen molar-refractivity contribution in [2.45, 2.75) is 31.3 Å². The number of para-hydroxylation sites is 1. The van der Waals surface area contributed by atoms with Crippen molar-refractivity contribution in [3.63, 3.8) is 0 Å². The largest absolute Gasteiger partial charge is 0.379 e. The number of aromatic nitrogens is 1. The fourth-order valence-electron chi connectivity index (χ4n) is 4.54. The third-order valence-corrected chi connectivity index (χ3v) is 6.44. The quantitative estimate of drug-likeness (QED) is 0.306. The van der Waals surface area contributed by atoms with Crippen LogP contribution in [0.1, 0.15) is 28.9 Å². The summed E-state index contributed by atoms with van der Waals surface area (Å²) in [6.07, 6.45) is 1.99. The number of aromatic amines is 1. The zero-order valence-corrected chi connectivity index (χ0v) is 20.1. The molecular weight excluding hydrogens is 494 g/mol. The van der Waals surface area contributed by atoms with Crippen molar-refractivity contribution >= 4 is 34.6 Å². The molecule has 0 radical (unpaired) electrons. The van der Waals surface area contributed by atoms with Gasteiger partial charge in [0.2, 0.25) is 0 Å². The number of amides is 1. The van der Waals surface area contributed by atoms with Gasteiger partial charge in [-0.05, 0) is 49.1 Å². The first-order valence-corrected chi connectivity index (χ1v) is 12.0. The van der Waals surface area contributed by atoms with Crippen molar-refractivity contribution in [3.05, 3.63) is 88.9 Å². The number of carbonyl (C=O) groups is 1. The molecule has 2 heterocycles. The summed E-state index contributed by atoms with van der Waals surface area (Å²) in [6, 6.07) is 10.4. The normalized spacial score (nSPS) is 15.9. The molecule has 4 rings (SSSR count). The predicted octanol–water partition coefficient (Wildman–Crippen LogP) is 2.56. The smallest absolute Gasteiger partial charge is 0.268 e. The minimum atomic E-state index is -1.07. The molecule has 4 N–H and O–H groups in total. The number of allylic oxidation sites excluding steroid dienone is 1. The van der Waals surface area contributed by atoms with Crippen molar-refractivity contribution in [3.8, 4) is 0 Å². The van der Waals surface area contributed by atoms with Crippen LogP contribution in [-0.4, -0.2) is 47.3 Å². The summed E-state index contributed by atoms with van der Waals surface area (Å²) in [4.78, 5) is 50.7. The minimum Gasteiger partial charge on any atom is -0.379 e. The first-order chi connectivity index (χ1) is 18.4. The first kappa shape index (κ1) is 26.3. The first-order valence-electron chi connectivity index (χ1n) is 12.0. The molecule has 1 amide bonds. The van der Waals surface area contributed by atoms with E-state index in [0.717, 1.165) is 23.0 Å². The molecule has 0 aliphatic carbocycles. The van der Waals surface area contributed by atoms with E-state index in [1.54, 1.807) is 24.0 Å². The Kier molecular flexibility index (Phi) is 8.31. The molecular formula is C28H24F2N4O4. The van der Waals surface area contributed by atoms with Gasteiger partial charge in [0.1, 0.15) is 29.2 Å². The zero-order valence-electron chi connectivity index (χ0n) is 20.1. The summed E-state index contributed by atoms with van der Waals surface area (Å²) in [5, 5.41) is 9.40. The van der Waals surface area contributed by atoms with Crippen molar-refractivity contribution < 1.29 is 28.0 Å². The highest BCUT2D eigenvalue weighted by atomic mass is 19.2. The van der Waals surface area contributed by atoms with E-state index in [4.69, 9.17) is 0 Å². The van der Waals surface area contributed by atoms with Gasteiger partial charge in [0.25, 0.3) is 5.91 Å². The van der Waals surface area contributed by atoms with Crippen LogP contribution in [0.15, 0.2) is 66.0 Å². The van der Waals surface area contributed by atoms with Gasteiger partial charge in [-0.2, -0.15) is 0 Å². The van der Waals surface area contributed by atoms with E-state index in [2.05, 4.69) is 20.9 Å². The zero-order chi connectivity index (χ0) is 27.1. The van der Waals surface area contributed by atoms with Crippen molar-refractivity contribution in [1.29, 1.82) is 0 Å². The van der Waals surface area contributed by atoms with Crippen molar-refractivity contribution in [1.82, 2.24) is 20.9 Å². The van der Waals surface area contributed by atoms with E-state index in [9.17, 15) is 28.0 Å². The van der Waals surface area contributed by atoms with Gasteiger partial charge in [-0.3, -0.25) is 4.79 Å². The Balaban J connectivity index is 1.60. The van der Waals surface area contributed by atoms with E-state index >= 15 is 0 Å². The average Bonchev–Trinajstić information content (AvgIpc) is 3.55. The number of halogens is 2. The van der Waals surface area contributed by atoms with Crippen LogP contribution in [0.3, 0.4) is 0 Å². The minimum absolute atomic E-state index is 0.0806. The third-order valence-electron chi connectivity index (χ3n) is 6.44. The maximum atomic E-state index is 13.9. The fraction of sp³-hybridized carbons (Fsp3) is 0.250. The summed E-state index contributed by atoms with van der Waals surface area (Å²) in [6.45, 7) is 0.572. The highest BCUT2D eigenvalue weighted by Crippen LogP contribution is 2.23. The summed E-state index contributed by atoms with van der Waals surface area (Å²) < 4.78 is 27.4. The summed E-state index contributed by atoms with van der Waals surface area (Å²) in [5.74, 6) is 2.46. The highest BCUT2D eigenvalue weighted by molar-refractivity contribution is 5.98. The molecule has 3 aromatic rings. The molecule has 1 aliphatic heterocycles. The van der Waals surface area contributed by atoms with Gasteiger partial charge in [0.05, 0.1) is 17.8 Å². The second-order valence-electron chi connectivity index (χ2n) is 8.96. The van der Waals surface area contributed by atoms with Crippen molar-refractivity contribution in [2.24, 2.45) is 5.92 Å². The van der Waals surface area contributed by atoms with Gasteiger partial charge in [0, 0.05) is 29.4 Å². The molecule has 0 saturated carbocycles. The standard InChI is InChI=1S/C28H24F2N4O4/c29-21-6-5-17(11-22(21)30)12-24(34-28(38)25-14-18-3-1-2-4-23(18)33-25)27(16-37)32-20(8-10-35)13-19-7-9-31-26(19)15-36/h1-6,8,11,14,19-20,24,31-33H,7,9,12-13H2,(H,34,38)/t19-,20+,24-/m0/s1. The van der Waals surface area contributed by atoms with E-state index in [1.165, 1.54) is 12.1 Å². The predicted molar refractivity (Wildman–Crippen MR) is 136 cm³/mol. The van der Waals surface area contributed by atoms with Crippen LogP contribution >= 0.6 is 0 Å². The number of hydrogen-bond donors (Lipinski definition) is 4. The fourth-order valence-corrected chi connectivity index (χ4v) is 4.54. The molecule has 194 valence electrons. The number of nitrogens with one attached hydrogen (secondary N) is 4. The van der Waals surface area contributed by atoms with Crippen LogP contribution in [0.25, 0.3) is 10.9 Å². The van der Waals surface area contributed by atoms with Gasteiger partial charge in [0.15, 0.2) is 11.6 Å². The number of benzene rings is 2. The van der Waals surface area contributed by atoms with Gasteiger partial charge in [-0.25, -0.2) is 23.2 Å². The average molecular weight is 519 g/mol. The van der Waals surface area contributed by atoms with Gasteiger partial charge in [-0.15, -0.1) is 0 Å². The van der Waals surface area contributed by atoms with Gasteiger partial charge in [-0.1, -0.05) is 24.3 Å². The molecule has 1 aliphatic rings. The number of hydrogen-bond acceptors (Lipinski definition) is 6. The Bertz CT molecular complexity index is 1460. The molecule has 0 bridgehead atoms. The number of fused-ring (bicyclic) bond motifs is 1. The monoisotopic (exact) mass is 518 g/mol. The molecule has 0 unspecified atom stereocenters. The molecule has 1 saturated heterocycles. The lowest BCUT2D eigenvalue weighted by Gasteiger charge is -2.25. The van der Waals surface area contributed by atoms with Crippen LogP contribution in [0.4, 0.5) is 8.78 Å². The second-order valence-corrected chi connectivity index (χ2v) is 8.96. The Hall–Kier alpha value is -4.74. The topological polar surface area (TPSA) is 120 Å². The van der Waals surface area contributed by atoms with Gasteiger partial charge >= 0.3 is 0 Å². The molecule has 3 atom stereocenters. The van der Waals surface area contributed by atoms with Crippen LogP contribution in [0.2, 0.25) is 0 Å². The van der Waals surface area contributed by atoms with E-state index in [1.807, 2.05) is 24.1 Å². The lowest BCUT2D eigenvalue weighted by molar-refractivity contribution is 0.0937. The lowest BCUT2D eigenvalue weighted by atomic mass is 9.95. The Morgan fingerprint density at radius 3 is 2.61 bits per heavy atom. The summed E-state index contributed by atoms with van der Waals surface area (Å²) in [7, 11) is 0.